The lowest BCUT2D eigenvalue weighted by Gasteiger charge is -2.10. The third kappa shape index (κ3) is 4.53. The minimum Gasteiger partial charge on any atom is -0.322 e. The SMILES string of the molecule is O=C(Nc1ccc(C#Cc2ccc3nccn3n2)cc1)c1cc(C(F)(F)F)ccc1F. The quantitative estimate of drug-likeness (QED) is 0.380. The molecule has 0 spiro atoms. The zero-order valence-electron chi connectivity index (χ0n) is 15.6. The van der Waals surface area contributed by atoms with E-state index in [9.17, 15) is 22.4 Å². The van der Waals surface area contributed by atoms with Crippen molar-refractivity contribution in [3.05, 3.63) is 95.2 Å². The average molecular weight is 424 g/mol. The summed E-state index contributed by atoms with van der Waals surface area (Å²) >= 11 is 0. The number of fused-ring (bicyclic) bond motifs is 1. The van der Waals surface area contributed by atoms with Gasteiger partial charge in [0.15, 0.2) is 5.65 Å². The number of amides is 1. The molecule has 0 aliphatic heterocycles. The molecule has 9 heteroatoms. The van der Waals surface area contributed by atoms with Gasteiger partial charge in [-0.2, -0.15) is 18.3 Å². The lowest BCUT2D eigenvalue weighted by molar-refractivity contribution is -0.137. The smallest absolute Gasteiger partial charge is 0.322 e. The second-order valence-electron chi connectivity index (χ2n) is 6.42. The molecule has 0 atom stereocenters. The van der Waals surface area contributed by atoms with Crippen LogP contribution in [-0.4, -0.2) is 20.5 Å². The van der Waals surface area contributed by atoms with Crippen molar-refractivity contribution >= 4 is 17.2 Å². The van der Waals surface area contributed by atoms with Gasteiger partial charge in [-0.25, -0.2) is 13.9 Å². The number of aromatic nitrogens is 3. The molecule has 1 N–H and O–H groups in total. The lowest BCUT2D eigenvalue weighted by atomic mass is 10.1. The topological polar surface area (TPSA) is 59.3 Å². The number of anilines is 1. The maximum absolute atomic E-state index is 13.9. The van der Waals surface area contributed by atoms with E-state index in [4.69, 9.17) is 0 Å². The van der Waals surface area contributed by atoms with E-state index < -0.39 is 29.0 Å². The summed E-state index contributed by atoms with van der Waals surface area (Å²) in [5.41, 5.74) is 0.332. The summed E-state index contributed by atoms with van der Waals surface area (Å²) in [7, 11) is 0. The summed E-state index contributed by atoms with van der Waals surface area (Å²) in [5, 5.41) is 6.66. The molecule has 31 heavy (non-hydrogen) atoms. The van der Waals surface area contributed by atoms with Gasteiger partial charge in [0.2, 0.25) is 0 Å². The van der Waals surface area contributed by atoms with E-state index in [0.29, 0.717) is 35.1 Å². The van der Waals surface area contributed by atoms with Crippen LogP contribution < -0.4 is 5.32 Å². The fourth-order valence-corrected chi connectivity index (χ4v) is 2.73. The number of nitrogens with zero attached hydrogens (tertiary/aromatic N) is 3. The molecular formula is C22H12F4N4O. The number of carbonyl (C=O) groups is 1. The first-order chi connectivity index (χ1) is 14.8. The molecule has 0 radical (unpaired) electrons. The molecule has 5 nitrogen and oxygen atoms in total. The van der Waals surface area contributed by atoms with Gasteiger partial charge in [-0.15, -0.1) is 0 Å². The lowest BCUT2D eigenvalue weighted by Crippen LogP contribution is -2.16. The van der Waals surface area contributed by atoms with Gasteiger partial charge in [-0.05, 0) is 60.5 Å². The number of halogens is 4. The number of imidazole rings is 1. The van der Waals surface area contributed by atoms with Crippen molar-refractivity contribution in [2.75, 3.05) is 5.32 Å². The minimum atomic E-state index is -4.68. The Bertz CT molecular complexity index is 1330. The number of alkyl halides is 3. The molecule has 0 aliphatic carbocycles. The van der Waals surface area contributed by atoms with Gasteiger partial charge in [0.25, 0.3) is 5.91 Å². The van der Waals surface area contributed by atoms with Gasteiger partial charge in [-0.3, -0.25) is 4.79 Å². The van der Waals surface area contributed by atoms with Gasteiger partial charge in [0.1, 0.15) is 11.5 Å². The standard InChI is InChI=1S/C22H12F4N4O/c23-19-9-4-15(22(24,25)26)13-18(19)21(31)28-16-5-1-14(2-6-16)3-7-17-8-10-20-27-11-12-30(20)29-17/h1-2,4-6,8-13H,(H,28,31). The predicted octanol–water partition coefficient (Wildman–Crippen LogP) is 4.54. The van der Waals surface area contributed by atoms with Crippen LogP contribution >= 0.6 is 0 Å². The van der Waals surface area contributed by atoms with Crippen molar-refractivity contribution in [1.82, 2.24) is 14.6 Å². The average Bonchev–Trinajstić information content (AvgIpc) is 3.20. The highest BCUT2D eigenvalue weighted by Gasteiger charge is 2.31. The molecular weight excluding hydrogens is 412 g/mol. The van der Waals surface area contributed by atoms with E-state index in [-0.39, 0.29) is 5.69 Å². The summed E-state index contributed by atoms with van der Waals surface area (Å²) < 4.78 is 53.9. The Balaban J connectivity index is 1.48. The van der Waals surface area contributed by atoms with Crippen LogP contribution in [0.4, 0.5) is 23.2 Å². The van der Waals surface area contributed by atoms with Crippen LogP contribution in [0.15, 0.2) is 67.0 Å². The van der Waals surface area contributed by atoms with Gasteiger partial charge in [-0.1, -0.05) is 5.92 Å². The van der Waals surface area contributed by atoms with E-state index in [1.807, 2.05) is 0 Å². The molecule has 0 bridgehead atoms. The van der Waals surface area contributed by atoms with Crippen molar-refractivity contribution in [2.24, 2.45) is 0 Å². The number of carbonyl (C=O) groups excluding carboxylic acids is 1. The van der Waals surface area contributed by atoms with Crippen LogP contribution in [-0.2, 0) is 6.18 Å². The Labute approximate surface area is 173 Å². The maximum atomic E-state index is 13.9. The molecule has 4 aromatic rings. The van der Waals surface area contributed by atoms with Crippen molar-refractivity contribution < 1.29 is 22.4 Å². The van der Waals surface area contributed by atoms with Crippen molar-refractivity contribution in [3.8, 4) is 11.8 Å². The Morgan fingerprint density at radius 3 is 2.52 bits per heavy atom. The number of benzene rings is 2. The summed E-state index contributed by atoms with van der Waals surface area (Å²) in [6.07, 6.45) is -1.36. The first kappa shape index (κ1) is 20.1. The summed E-state index contributed by atoms with van der Waals surface area (Å²) in [5.74, 6) is 3.79. The summed E-state index contributed by atoms with van der Waals surface area (Å²) in [4.78, 5) is 16.3. The van der Waals surface area contributed by atoms with Gasteiger partial charge in [0.05, 0.1) is 11.1 Å². The van der Waals surface area contributed by atoms with E-state index >= 15 is 0 Å². The molecule has 154 valence electrons. The normalized spacial score (nSPS) is 11.1. The fourth-order valence-electron chi connectivity index (χ4n) is 2.73. The molecule has 2 aromatic heterocycles. The zero-order chi connectivity index (χ0) is 22.0. The van der Waals surface area contributed by atoms with Gasteiger partial charge >= 0.3 is 6.18 Å². The van der Waals surface area contributed by atoms with Gasteiger partial charge < -0.3 is 5.32 Å². The van der Waals surface area contributed by atoms with Crippen LogP contribution in [0.5, 0.6) is 0 Å². The molecule has 0 aliphatic rings. The number of nitrogens with one attached hydrogen (secondary N) is 1. The van der Waals surface area contributed by atoms with Crippen LogP contribution in [0.3, 0.4) is 0 Å². The molecule has 0 saturated heterocycles. The van der Waals surface area contributed by atoms with Crippen LogP contribution in [0.1, 0.15) is 27.2 Å². The number of hydrogen-bond acceptors (Lipinski definition) is 3. The second-order valence-corrected chi connectivity index (χ2v) is 6.42. The molecule has 0 saturated carbocycles. The highest BCUT2D eigenvalue weighted by molar-refractivity contribution is 6.04. The molecule has 2 aromatic carbocycles. The fraction of sp³-hybridized carbons (Fsp3) is 0.0455. The molecule has 2 heterocycles. The predicted molar refractivity (Wildman–Crippen MR) is 105 cm³/mol. The Kier molecular flexibility index (Phi) is 5.13. The third-order valence-electron chi connectivity index (χ3n) is 4.27. The third-order valence-corrected chi connectivity index (χ3v) is 4.27. The highest BCUT2D eigenvalue weighted by Crippen LogP contribution is 2.30. The van der Waals surface area contributed by atoms with Gasteiger partial charge in [0, 0.05) is 23.6 Å². The highest BCUT2D eigenvalue weighted by atomic mass is 19.4. The van der Waals surface area contributed by atoms with E-state index in [0.717, 1.165) is 0 Å². The number of hydrogen-bond donors (Lipinski definition) is 1. The molecule has 0 fully saturated rings. The van der Waals surface area contributed by atoms with E-state index in [2.05, 4.69) is 27.2 Å². The first-order valence-corrected chi connectivity index (χ1v) is 8.90. The Morgan fingerprint density at radius 1 is 1.00 bits per heavy atom. The molecule has 1 amide bonds. The monoisotopic (exact) mass is 424 g/mol. The van der Waals surface area contributed by atoms with Crippen molar-refractivity contribution in [2.45, 2.75) is 6.18 Å². The molecule has 0 unspecified atom stereocenters. The van der Waals surface area contributed by atoms with Crippen LogP contribution in [0, 0.1) is 17.7 Å². The van der Waals surface area contributed by atoms with E-state index in [1.165, 1.54) is 12.1 Å². The van der Waals surface area contributed by atoms with Crippen molar-refractivity contribution in [1.29, 1.82) is 0 Å². The maximum Gasteiger partial charge on any atom is 0.416 e. The summed E-state index contributed by atoms with van der Waals surface area (Å²) in [6, 6.07) is 11.4. The van der Waals surface area contributed by atoms with Crippen LogP contribution in [0.25, 0.3) is 5.65 Å². The largest absolute Gasteiger partial charge is 0.416 e. The Hall–Kier alpha value is -4.19. The van der Waals surface area contributed by atoms with Crippen LogP contribution in [0.2, 0.25) is 0 Å². The summed E-state index contributed by atoms with van der Waals surface area (Å²) in [6.45, 7) is 0. The Morgan fingerprint density at radius 2 is 1.77 bits per heavy atom. The minimum absolute atomic E-state index is 0.283. The zero-order valence-corrected chi connectivity index (χ0v) is 15.6. The second kappa shape index (κ2) is 7.91. The molecule has 4 rings (SSSR count). The first-order valence-electron chi connectivity index (χ1n) is 8.90. The van der Waals surface area contributed by atoms with Crippen molar-refractivity contribution in [3.63, 3.8) is 0 Å². The van der Waals surface area contributed by atoms with E-state index in [1.54, 1.807) is 41.2 Å². The number of rotatable bonds is 2.